The van der Waals surface area contributed by atoms with Crippen LogP contribution in [0.4, 0.5) is 11.4 Å². The lowest BCUT2D eigenvalue weighted by molar-refractivity contribution is 0.664. The summed E-state index contributed by atoms with van der Waals surface area (Å²) in [5.74, 6) is 0. The predicted octanol–water partition coefficient (Wildman–Crippen LogP) is 6.96. The zero-order valence-corrected chi connectivity index (χ0v) is 15.9. The van der Waals surface area contributed by atoms with E-state index >= 15 is 0 Å². The van der Waals surface area contributed by atoms with Crippen molar-refractivity contribution in [2.45, 2.75) is 0 Å². The number of hydrogen-bond acceptors (Lipinski definition) is 4. The summed E-state index contributed by atoms with van der Waals surface area (Å²) in [6.45, 7) is 0. The fraction of sp³-hybridized carbons (Fsp3) is 0. The molecule has 0 amide bonds. The molecule has 0 aliphatic heterocycles. The van der Waals surface area contributed by atoms with Crippen molar-refractivity contribution in [3.05, 3.63) is 72.8 Å². The zero-order valence-electron chi connectivity index (χ0n) is 15.9. The summed E-state index contributed by atoms with van der Waals surface area (Å²) in [6.07, 6.45) is 0. The molecule has 2 heterocycles. The highest BCUT2D eigenvalue weighted by molar-refractivity contribution is 6.18. The van der Waals surface area contributed by atoms with Gasteiger partial charge in [-0.05, 0) is 82.2 Å². The molecule has 30 heavy (non-hydrogen) atoms. The Labute approximate surface area is 170 Å². The van der Waals surface area contributed by atoms with E-state index < -0.39 is 0 Å². The Kier molecular flexibility index (Phi) is 2.75. The number of anilines is 2. The highest BCUT2D eigenvalue weighted by Gasteiger charge is 2.15. The van der Waals surface area contributed by atoms with Gasteiger partial charge in [0.1, 0.15) is 22.3 Å². The number of rotatable bonds is 0. The van der Waals surface area contributed by atoms with Gasteiger partial charge >= 0.3 is 0 Å². The summed E-state index contributed by atoms with van der Waals surface area (Å²) < 4.78 is 12.5. The number of furan rings is 2. The van der Waals surface area contributed by atoms with Crippen LogP contribution >= 0.6 is 0 Å². The Bertz CT molecular complexity index is 1690. The van der Waals surface area contributed by atoms with E-state index in [1.54, 1.807) is 0 Å². The van der Waals surface area contributed by atoms with Crippen LogP contribution in [0.15, 0.2) is 81.6 Å². The molecule has 0 bridgehead atoms. The molecule has 7 aromatic rings. The average Bonchev–Trinajstić information content (AvgIpc) is 3.25. The van der Waals surface area contributed by atoms with Crippen molar-refractivity contribution in [3.8, 4) is 0 Å². The van der Waals surface area contributed by atoms with Gasteiger partial charge < -0.3 is 20.3 Å². The third-order valence-corrected chi connectivity index (χ3v) is 6.03. The second kappa shape index (κ2) is 5.24. The zero-order chi connectivity index (χ0) is 20.0. The Hall–Kier alpha value is -4.18. The van der Waals surface area contributed by atoms with E-state index in [2.05, 4.69) is 36.4 Å². The van der Waals surface area contributed by atoms with Gasteiger partial charge in [0.2, 0.25) is 0 Å². The number of benzene rings is 5. The highest BCUT2D eigenvalue weighted by Crippen LogP contribution is 2.39. The van der Waals surface area contributed by atoms with Gasteiger partial charge in [-0.2, -0.15) is 0 Å². The fourth-order valence-electron chi connectivity index (χ4n) is 4.57. The van der Waals surface area contributed by atoms with Crippen LogP contribution in [0.25, 0.3) is 65.4 Å². The Balaban J connectivity index is 1.58. The van der Waals surface area contributed by atoms with Gasteiger partial charge in [-0.1, -0.05) is 12.1 Å². The van der Waals surface area contributed by atoms with Crippen LogP contribution in [0.1, 0.15) is 0 Å². The normalized spacial score (nSPS) is 12.3. The number of fused-ring (bicyclic) bond motifs is 8. The highest BCUT2D eigenvalue weighted by atomic mass is 16.3. The summed E-state index contributed by atoms with van der Waals surface area (Å²) in [5.41, 5.74) is 16.8. The summed E-state index contributed by atoms with van der Waals surface area (Å²) in [6, 6.07) is 24.5. The summed E-state index contributed by atoms with van der Waals surface area (Å²) in [4.78, 5) is 0. The molecule has 0 aliphatic carbocycles. The van der Waals surface area contributed by atoms with Crippen LogP contribution < -0.4 is 11.5 Å². The van der Waals surface area contributed by atoms with Crippen molar-refractivity contribution in [1.29, 1.82) is 0 Å². The standard InChI is InChI=1S/C26H16N2O2/c27-17-3-1-13-7-19-21-11-26-22(12-25(21)29-23(19)9-15(13)5-17)20-8-14-2-4-18(28)6-16(14)10-24(20)30-26/h1-12H,27-28H2. The molecule has 2 aromatic heterocycles. The van der Waals surface area contributed by atoms with Gasteiger partial charge in [0.15, 0.2) is 0 Å². The molecule has 4 heteroatoms. The predicted molar refractivity (Wildman–Crippen MR) is 125 cm³/mol. The maximum absolute atomic E-state index is 6.23. The molecule has 4 N–H and O–H groups in total. The first-order valence-electron chi connectivity index (χ1n) is 9.83. The van der Waals surface area contributed by atoms with E-state index in [-0.39, 0.29) is 0 Å². The molecule has 4 nitrogen and oxygen atoms in total. The largest absolute Gasteiger partial charge is 0.456 e. The molecule has 0 spiro atoms. The lowest BCUT2D eigenvalue weighted by Gasteiger charge is -1.99. The fourth-order valence-corrected chi connectivity index (χ4v) is 4.57. The Morgan fingerprint density at radius 1 is 0.400 bits per heavy atom. The van der Waals surface area contributed by atoms with Gasteiger partial charge in [-0.3, -0.25) is 0 Å². The minimum atomic E-state index is 0.746. The number of hydrogen-bond donors (Lipinski definition) is 2. The minimum absolute atomic E-state index is 0.746. The molecule has 0 saturated carbocycles. The first-order chi connectivity index (χ1) is 14.6. The van der Waals surface area contributed by atoms with Gasteiger partial charge in [-0.25, -0.2) is 0 Å². The topological polar surface area (TPSA) is 78.3 Å². The van der Waals surface area contributed by atoms with Gasteiger partial charge in [-0.15, -0.1) is 0 Å². The van der Waals surface area contributed by atoms with E-state index in [0.717, 1.165) is 76.8 Å². The first-order valence-corrected chi connectivity index (χ1v) is 9.83. The van der Waals surface area contributed by atoms with Crippen LogP contribution in [0.5, 0.6) is 0 Å². The Morgan fingerprint density at radius 3 is 1.27 bits per heavy atom. The van der Waals surface area contributed by atoms with Crippen LogP contribution in [0.2, 0.25) is 0 Å². The van der Waals surface area contributed by atoms with Gasteiger partial charge in [0, 0.05) is 32.9 Å². The van der Waals surface area contributed by atoms with E-state index in [0.29, 0.717) is 0 Å². The van der Waals surface area contributed by atoms with E-state index in [4.69, 9.17) is 20.3 Å². The molecule has 5 aromatic carbocycles. The van der Waals surface area contributed by atoms with Crippen molar-refractivity contribution < 1.29 is 8.83 Å². The maximum Gasteiger partial charge on any atom is 0.136 e. The van der Waals surface area contributed by atoms with Crippen molar-refractivity contribution in [1.82, 2.24) is 0 Å². The summed E-state index contributed by atoms with van der Waals surface area (Å²) in [7, 11) is 0. The second-order valence-electron chi connectivity index (χ2n) is 7.96. The Morgan fingerprint density at radius 2 is 0.800 bits per heavy atom. The molecule has 142 valence electrons. The molecule has 0 atom stereocenters. The lowest BCUT2D eigenvalue weighted by Crippen LogP contribution is -1.83. The van der Waals surface area contributed by atoms with E-state index in [9.17, 15) is 0 Å². The van der Waals surface area contributed by atoms with Crippen molar-refractivity contribution in [2.24, 2.45) is 0 Å². The molecular weight excluding hydrogens is 372 g/mol. The van der Waals surface area contributed by atoms with Crippen LogP contribution in [0.3, 0.4) is 0 Å². The molecule has 7 rings (SSSR count). The second-order valence-corrected chi connectivity index (χ2v) is 7.96. The number of nitrogen functional groups attached to an aromatic ring is 2. The smallest absolute Gasteiger partial charge is 0.136 e. The van der Waals surface area contributed by atoms with Crippen molar-refractivity contribution in [2.75, 3.05) is 11.5 Å². The van der Waals surface area contributed by atoms with Crippen LogP contribution in [-0.4, -0.2) is 0 Å². The van der Waals surface area contributed by atoms with Crippen molar-refractivity contribution >= 4 is 76.8 Å². The lowest BCUT2D eigenvalue weighted by atomic mass is 10.0. The van der Waals surface area contributed by atoms with Crippen LogP contribution in [-0.2, 0) is 0 Å². The molecule has 0 unspecified atom stereocenters. The van der Waals surface area contributed by atoms with Crippen LogP contribution in [0, 0.1) is 0 Å². The summed E-state index contributed by atoms with van der Waals surface area (Å²) >= 11 is 0. The van der Waals surface area contributed by atoms with Gasteiger partial charge in [0.25, 0.3) is 0 Å². The first kappa shape index (κ1) is 15.7. The quantitative estimate of drug-likeness (QED) is 0.275. The minimum Gasteiger partial charge on any atom is -0.456 e. The average molecular weight is 388 g/mol. The van der Waals surface area contributed by atoms with Crippen molar-refractivity contribution in [3.63, 3.8) is 0 Å². The van der Waals surface area contributed by atoms with E-state index in [1.807, 2.05) is 36.4 Å². The maximum atomic E-state index is 6.23. The SMILES string of the molecule is Nc1ccc2cc3c(cc2c1)oc1cc2c(cc13)oc1cc3cc(N)ccc3cc12. The third kappa shape index (κ3) is 2.05. The monoisotopic (exact) mass is 388 g/mol. The third-order valence-electron chi connectivity index (χ3n) is 6.03. The van der Waals surface area contributed by atoms with E-state index in [1.165, 1.54) is 0 Å². The molecule has 0 aliphatic rings. The molecule has 0 radical (unpaired) electrons. The van der Waals surface area contributed by atoms with Gasteiger partial charge in [0.05, 0.1) is 0 Å². The molecule has 0 fully saturated rings. The summed E-state index contributed by atoms with van der Waals surface area (Å²) in [5, 5.41) is 8.64. The molecule has 0 saturated heterocycles. The molecular formula is C26H16N2O2. The number of nitrogens with two attached hydrogens (primary N) is 2.